The third-order valence-electron chi connectivity index (χ3n) is 1.03. The molecule has 0 radical (unpaired) electrons. The first-order valence-electron chi connectivity index (χ1n) is 3.52. The average Bonchev–Trinajstić information content (AvgIpc) is 2.01. The summed E-state index contributed by atoms with van der Waals surface area (Å²) in [6, 6.07) is 0. The molecule has 0 aromatic rings. The van der Waals surface area contributed by atoms with Crippen LogP contribution in [0.4, 0.5) is 0 Å². The Hall–Kier alpha value is 0.0400. The van der Waals surface area contributed by atoms with Crippen LogP contribution in [0.5, 0.6) is 0 Å². The standard InChI is InChI=1S/C7H13NOS2/c1-3-5-8-7(9)4-6-11-10-2/h1,3-6H2,2H3/p+1. The first-order valence-corrected chi connectivity index (χ1v) is 6.25. The summed E-state index contributed by atoms with van der Waals surface area (Å²) < 4.78 is 0. The summed E-state index contributed by atoms with van der Waals surface area (Å²) in [5.74, 6) is 1.03. The Balaban J connectivity index is 3.09. The lowest BCUT2D eigenvalue weighted by molar-refractivity contribution is -0.120. The van der Waals surface area contributed by atoms with Crippen molar-refractivity contribution in [2.75, 3.05) is 18.6 Å². The van der Waals surface area contributed by atoms with Crippen molar-refractivity contribution in [2.24, 2.45) is 0 Å². The maximum absolute atomic E-state index is 10.9. The van der Waals surface area contributed by atoms with E-state index in [2.05, 4.69) is 12.2 Å². The Morgan fingerprint density at radius 2 is 2.36 bits per heavy atom. The van der Waals surface area contributed by atoms with Gasteiger partial charge in [-0.3, -0.25) is 4.79 Å². The molecule has 0 aliphatic heterocycles. The van der Waals surface area contributed by atoms with E-state index < -0.39 is 0 Å². The van der Waals surface area contributed by atoms with Crippen LogP contribution < -0.4 is 5.32 Å². The van der Waals surface area contributed by atoms with Gasteiger partial charge in [-0.15, -0.1) is 0 Å². The Morgan fingerprint density at radius 1 is 1.64 bits per heavy atom. The fourth-order valence-electron chi connectivity index (χ4n) is 0.534. The van der Waals surface area contributed by atoms with Crippen molar-refractivity contribution in [1.82, 2.24) is 5.32 Å². The van der Waals surface area contributed by atoms with Crippen molar-refractivity contribution < 1.29 is 4.79 Å². The molecule has 0 bridgehead atoms. The van der Waals surface area contributed by atoms with E-state index in [-0.39, 0.29) is 5.91 Å². The summed E-state index contributed by atoms with van der Waals surface area (Å²) >= 11 is 0. The van der Waals surface area contributed by atoms with Crippen molar-refractivity contribution in [1.29, 1.82) is 0 Å². The van der Waals surface area contributed by atoms with Gasteiger partial charge >= 0.3 is 0 Å². The summed E-state index contributed by atoms with van der Waals surface area (Å²) in [6.45, 7) is 4.33. The van der Waals surface area contributed by atoms with Gasteiger partial charge in [-0.05, 0) is 6.26 Å². The number of hydrogen-bond donors (Lipinski definition) is 1. The van der Waals surface area contributed by atoms with Gasteiger partial charge in [0.25, 0.3) is 0 Å². The van der Waals surface area contributed by atoms with Gasteiger partial charge in [-0.25, -0.2) is 0 Å². The average molecular weight is 192 g/mol. The molecule has 4 heteroatoms. The fraction of sp³-hybridized carbons (Fsp3) is 0.714. The second kappa shape index (κ2) is 8.14. The molecule has 0 aliphatic rings. The third-order valence-corrected chi connectivity index (χ3v) is 2.84. The minimum absolute atomic E-state index is 0.134. The van der Waals surface area contributed by atoms with Crippen LogP contribution in [0.15, 0.2) is 0 Å². The summed E-state index contributed by atoms with van der Waals surface area (Å²) in [6.07, 6.45) is 3.39. The zero-order valence-corrected chi connectivity index (χ0v) is 8.39. The minimum atomic E-state index is 0.134. The van der Waals surface area contributed by atoms with Gasteiger partial charge in [0, 0.05) is 12.2 Å². The fourth-order valence-corrected chi connectivity index (χ4v) is 1.72. The molecular weight excluding hydrogens is 178 g/mol. The monoisotopic (exact) mass is 192 g/mol. The summed E-state index contributed by atoms with van der Waals surface area (Å²) in [5, 5.41) is 2.77. The molecule has 0 atom stereocenters. The Labute approximate surface area is 76.3 Å². The molecule has 0 rings (SSSR count). The predicted molar refractivity (Wildman–Crippen MR) is 53.6 cm³/mol. The van der Waals surface area contributed by atoms with E-state index in [0.29, 0.717) is 13.0 Å². The Kier molecular flexibility index (Phi) is 8.17. The SMILES string of the molecule is [CH2+]CCNC(=O)CCSSC. The molecule has 0 aromatic heterocycles. The lowest BCUT2D eigenvalue weighted by atomic mass is 10.4. The van der Waals surface area contributed by atoms with Gasteiger partial charge in [-0.2, -0.15) is 0 Å². The lowest BCUT2D eigenvalue weighted by Gasteiger charge is -1.99. The highest BCUT2D eigenvalue weighted by molar-refractivity contribution is 8.76. The molecule has 0 spiro atoms. The highest BCUT2D eigenvalue weighted by Crippen LogP contribution is 2.16. The molecule has 0 fully saturated rings. The van der Waals surface area contributed by atoms with Crippen LogP contribution in [0, 0.1) is 6.92 Å². The maximum atomic E-state index is 10.9. The number of rotatable bonds is 6. The van der Waals surface area contributed by atoms with Crippen LogP contribution in [0.25, 0.3) is 0 Å². The van der Waals surface area contributed by atoms with Crippen molar-refractivity contribution in [3.63, 3.8) is 0 Å². The second-order valence-electron chi connectivity index (χ2n) is 1.94. The van der Waals surface area contributed by atoms with Crippen molar-refractivity contribution >= 4 is 27.5 Å². The van der Waals surface area contributed by atoms with Crippen molar-refractivity contribution in [3.8, 4) is 0 Å². The number of carbonyl (C=O) groups is 1. The van der Waals surface area contributed by atoms with Crippen molar-refractivity contribution in [3.05, 3.63) is 6.92 Å². The first-order chi connectivity index (χ1) is 5.31. The molecule has 11 heavy (non-hydrogen) atoms. The molecule has 64 valence electrons. The van der Waals surface area contributed by atoms with E-state index in [0.717, 1.165) is 12.2 Å². The highest BCUT2D eigenvalue weighted by Gasteiger charge is 1.99. The van der Waals surface area contributed by atoms with Crippen molar-refractivity contribution in [2.45, 2.75) is 12.8 Å². The molecular formula is C7H14NOS2+. The molecule has 0 saturated carbocycles. The van der Waals surface area contributed by atoms with Crippen LogP contribution in [-0.4, -0.2) is 24.5 Å². The van der Waals surface area contributed by atoms with Gasteiger partial charge in [-0.1, -0.05) is 21.6 Å². The molecule has 1 N–H and O–H groups in total. The zero-order valence-electron chi connectivity index (χ0n) is 6.76. The van der Waals surface area contributed by atoms with E-state index in [1.807, 2.05) is 6.26 Å². The van der Waals surface area contributed by atoms with Gasteiger partial charge in [0.15, 0.2) is 0 Å². The number of carbonyl (C=O) groups excluding carboxylic acids is 1. The van der Waals surface area contributed by atoms with Crippen LogP contribution in [-0.2, 0) is 4.79 Å². The van der Waals surface area contributed by atoms with Crippen LogP contribution >= 0.6 is 21.6 Å². The molecule has 0 unspecified atom stereocenters. The van der Waals surface area contributed by atoms with E-state index in [9.17, 15) is 4.79 Å². The molecule has 0 aliphatic carbocycles. The number of hydrogen-bond acceptors (Lipinski definition) is 3. The molecule has 0 aromatic carbocycles. The van der Waals surface area contributed by atoms with Crippen LogP contribution in [0.3, 0.4) is 0 Å². The smallest absolute Gasteiger partial charge is 0.221 e. The van der Waals surface area contributed by atoms with Gasteiger partial charge in [0.2, 0.25) is 5.91 Å². The first kappa shape index (κ1) is 11.0. The van der Waals surface area contributed by atoms with E-state index in [1.54, 1.807) is 21.6 Å². The zero-order chi connectivity index (χ0) is 8.53. The summed E-state index contributed by atoms with van der Waals surface area (Å²) in [4.78, 5) is 10.9. The summed E-state index contributed by atoms with van der Waals surface area (Å²) in [7, 11) is 3.40. The number of nitrogens with one attached hydrogen (secondary N) is 1. The number of amides is 1. The second-order valence-corrected chi connectivity index (χ2v) is 4.63. The van der Waals surface area contributed by atoms with E-state index in [4.69, 9.17) is 0 Å². The molecule has 0 saturated heterocycles. The highest BCUT2D eigenvalue weighted by atomic mass is 33.1. The van der Waals surface area contributed by atoms with Crippen LogP contribution in [0.2, 0.25) is 0 Å². The van der Waals surface area contributed by atoms with Gasteiger partial charge in [0.1, 0.15) is 6.42 Å². The predicted octanol–water partition coefficient (Wildman–Crippen LogP) is 1.73. The molecule has 1 amide bonds. The van der Waals surface area contributed by atoms with E-state index >= 15 is 0 Å². The van der Waals surface area contributed by atoms with Crippen LogP contribution in [0.1, 0.15) is 12.8 Å². The van der Waals surface area contributed by atoms with Gasteiger partial charge < -0.3 is 5.32 Å². The Bertz CT molecular complexity index is 109. The third kappa shape index (κ3) is 7.94. The lowest BCUT2D eigenvalue weighted by Crippen LogP contribution is -2.24. The Morgan fingerprint density at radius 3 is 2.91 bits per heavy atom. The maximum Gasteiger partial charge on any atom is 0.221 e. The minimum Gasteiger partial charge on any atom is -0.352 e. The quantitative estimate of drug-likeness (QED) is 0.395. The largest absolute Gasteiger partial charge is 0.352 e. The molecule has 2 nitrogen and oxygen atoms in total. The molecule has 0 heterocycles. The normalized spacial score (nSPS) is 9.55. The summed E-state index contributed by atoms with van der Waals surface area (Å²) in [5.41, 5.74) is 0. The topological polar surface area (TPSA) is 29.1 Å². The van der Waals surface area contributed by atoms with Gasteiger partial charge in [0.05, 0.1) is 13.5 Å². The van der Waals surface area contributed by atoms with E-state index in [1.165, 1.54) is 0 Å².